The van der Waals surface area contributed by atoms with Crippen LogP contribution in [0.15, 0.2) is 17.9 Å². The summed E-state index contributed by atoms with van der Waals surface area (Å²) >= 11 is 0. The predicted molar refractivity (Wildman–Crippen MR) is 62.2 cm³/mol. The van der Waals surface area contributed by atoms with Crippen molar-refractivity contribution in [2.24, 2.45) is 10.7 Å². The van der Waals surface area contributed by atoms with E-state index in [0.29, 0.717) is 31.4 Å². The Morgan fingerprint density at radius 3 is 3.19 bits per heavy atom. The van der Waals surface area contributed by atoms with E-state index in [1.165, 1.54) is 0 Å². The van der Waals surface area contributed by atoms with Crippen molar-refractivity contribution >= 4 is 17.5 Å². The molecule has 0 unspecified atom stereocenters. The standard InChI is InChI=1S/C10H15N5O/c1-3-16-5-4-15-6-12-8-7(2)13-10(11)14-9(8)15/h6H,2-5H2,1H3,(H3,11,13,14). The van der Waals surface area contributed by atoms with Crippen LogP contribution in [-0.2, 0) is 11.3 Å². The molecule has 0 saturated heterocycles. The first-order valence-corrected chi connectivity index (χ1v) is 5.15. The molecule has 16 heavy (non-hydrogen) atoms. The summed E-state index contributed by atoms with van der Waals surface area (Å²) in [5, 5.41) is 2.84. The van der Waals surface area contributed by atoms with Crippen LogP contribution < -0.4 is 11.1 Å². The maximum Gasteiger partial charge on any atom is 0.199 e. The second kappa shape index (κ2) is 4.36. The summed E-state index contributed by atoms with van der Waals surface area (Å²) in [6, 6.07) is 0. The van der Waals surface area contributed by atoms with Gasteiger partial charge in [0.2, 0.25) is 0 Å². The fraction of sp³-hybridized carbons (Fsp3) is 0.400. The highest BCUT2D eigenvalue weighted by molar-refractivity contribution is 5.93. The van der Waals surface area contributed by atoms with Gasteiger partial charge in [0.05, 0.1) is 18.6 Å². The quantitative estimate of drug-likeness (QED) is 0.723. The summed E-state index contributed by atoms with van der Waals surface area (Å²) < 4.78 is 7.19. The molecule has 2 heterocycles. The number of nitrogens with two attached hydrogens (primary N) is 1. The molecule has 0 aromatic carbocycles. The van der Waals surface area contributed by atoms with Crippen LogP contribution in [0.5, 0.6) is 0 Å². The van der Waals surface area contributed by atoms with Crippen LogP contribution in [0.3, 0.4) is 0 Å². The number of fused-ring (bicyclic) bond motifs is 1. The number of guanidine groups is 1. The molecule has 1 aromatic rings. The van der Waals surface area contributed by atoms with Gasteiger partial charge in [-0.05, 0) is 6.92 Å². The molecule has 3 N–H and O–H groups in total. The average Bonchev–Trinajstić information content (AvgIpc) is 2.62. The van der Waals surface area contributed by atoms with E-state index in [1.54, 1.807) is 6.33 Å². The third-order valence-corrected chi connectivity index (χ3v) is 2.28. The van der Waals surface area contributed by atoms with Crippen molar-refractivity contribution in [1.82, 2.24) is 14.9 Å². The lowest BCUT2D eigenvalue weighted by Crippen LogP contribution is -2.32. The number of ether oxygens (including phenoxy) is 1. The first-order chi connectivity index (χ1) is 7.72. The highest BCUT2D eigenvalue weighted by Crippen LogP contribution is 2.25. The van der Waals surface area contributed by atoms with Crippen LogP contribution in [0, 0.1) is 0 Å². The summed E-state index contributed by atoms with van der Waals surface area (Å²) in [7, 11) is 0. The number of imidazole rings is 1. The van der Waals surface area contributed by atoms with Gasteiger partial charge in [0.1, 0.15) is 5.69 Å². The van der Waals surface area contributed by atoms with E-state index >= 15 is 0 Å². The van der Waals surface area contributed by atoms with Crippen molar-refractivity contribution in [2.75, 3.05) is 13.2 Å². The van der Waals surface area contributed by atoms with E-state index in [1.807, 2.05) is 11.5 Å². The highest BCUT2D eigenvalue weighted by Gasteiger charge is 2.18. The maximum absolute atomic E-state index is 5.63. The number of nitrogens with zero attached hydrogens (tertiary/aromatic N) is 3. The van der Waals surface area contributed by atoms with Gasteiger partial charge < -0.3 is 20.4 Å². The molecule has 0 amide bonds. The van der Waals surface area contributed by atoms with Gasteiger partial charge >= 0.3 is 0 Å². The molecule has 0 atom stereocenters. The largest absolute Gasteiger partial charge is 0.380 e. The highest BCUT2D eigenvalue weighted by atomic mass is 16.5. The molecule has 1 aromatic heterocycles. The fourth-order valence-electron chi connectivity index (χ4n) is 1.53. The van der Waals surface area contributed by atoms with E-state index in [9.17, 15) is 0 Å². The van der Waals surface area contributed by atoms with Crippen molar-refractivity contribution in [1.29, 1.82) is 0 Å². The number of aliphatic imine (C=N–C) groups is 1. The first-order valence-electron chi connectivity index (χ1n) is 5.15. The molecule has 86 valence electrons. The number of hydrogen-bond donors (Lipinski definition) is 2. The van der Waals surface area contributed by atoms with E-state index in [-0.39, 0.29) is 0 Å². The lowest BCUT2D eigenvalue weighted by Gasteiger charge is -2.14. The van der Waals surface area contributed by atoms with Crippen LogP contribution in [0.25, 0.3) is 5.70 Å². The zero-order valence-corrected chi connectivity index (χ0v) is 9.23. The van der Waals surface area contributed by atoms with E-state index in [2.05, 4.69) is 21.9 Å². The molecular weight excluding hydrogens is 206 g/mol. The van der Waals surface area contributed by atoms with Crippen molar-refractivity contribution in [3.8, 4) is 0 Å². The molecule has 6 nitrogen and oxygen atoms in total. The summed E-state index contributed by atoms with van der Waals surface area (Å²) in [6.07, 6.45) is 1.72. The fourth-order valence-corrected chi connectivity index (χ4v) is 1.53. The zero-order valence-electron chi connectivity index (χ0n) is 9.23. The van der Waals surface area contributed by atoms with Crippen molar-refractivity contribution in [2.45, 2.75) is 13.5 Å². The summed E-state index contributed by atoms with van der Waals surface area (Å²) in [4.78, 5) is 8.44. The lowest BCUT2D eigenvalue weighted by molar-refractivity contribution is 0.139. The zero-order chi connectivity index (χ0) is 11.5. The van der Waals surface area contributed by atoms with Crippen LogP contribution in [-0.4, -0.2) is 28.7 Å². The van der Waals surface area contributed by atoms with Gasteiger partial charge in [-0.25, -0.2) is 4.98 Å². The molecule has 0 bridgehead atoms. The average molecular weight is 221 g/mol. The Hall–Kier alpha value is -1.82. The van der Waals surface area contributed by atoms with E-state index in [4.69, 9.17) is 10.5 Å². The van der Waals surface area contributed by atoms with Gasteiger partial charge in [0, 0.05) is 13.2 Å². The van der Waals surface area contributed by atoms with Crippen LogP contribution in [0.4, 0.5) is 5.82 Å². The molecular formula is C10H15N5O. The third kappa shape index (κ3) is 1.92. The molecule has 0 radical (unpaired) electrons. The van der Waals surface area contributed by atoms with Gasteiger partial charge in [-0.3, -0.25) is 0 Å². The summed E-state index contributed by atoms with van der Waals surface area (Å²) in [5.74, 6) is 1.08. The Balaban J connectivity index is 2.20. The van der Waals surface area contributed by atoms with E-state index in [0.717, 1.165) is 11.5 Å². The topological polar surface area (TPSA) is 77.5 Å². The molecule has 2 rings (SSSR count). The summed E-state index contributed by atoms with van der Waals surface area (Å²) in [5.41, 5.74) is 7.05. The Bertz CT molecular complexity index is 434. The summed E-state index contributed by atoms with van der Waals surface area (Å²) in [6.45, 7) is 7.85. The van der Waals surface area contributed by atoms with Crippen molar-refractivity contribution in [3.05, 3.63) is 18.6 Å². The first kappa shape index (κ1) is 10.7. The van der Waals surface area contributed by atoms with Crippen LogP contribution in [0.2, 0.25) is 0 Å². The maximum atomic E-state index is 5.63. The number of hydrogen-bond acceptors (Lipinski definition) is 5. The SMILES string of the molecule is C=C1NC(N)=Nc2c1ncn2CCOCC. The Morgan fingerprint density at radius 1 is 1.62 bits per heavy atom. The second-order valence-electron chi connectivity index (χ2n) is 3.41. The lowest BCUT2D eigenvalue weighted by atomic mass is 10.3. The van der Waals surface area contributed by atoms with Gasteiger partial charge in [-0.2, -0.15) is 4.99 Å². The molecule has 1 aliphatic heterocycles. The number of rotatable bonds is 4. The minimum absolute atomic E-state index is 0.343. The van der Waals surface area contributed by atoms with E-state index < -0.39 is 0 Å². The minimum Gasteiger partial charge on any atom is -0.380 e. The minimum atomic E-state index is 0.343. The predicted octanol–water partition coefficient (Wildman–Crippen LogP) is 0.440. The smallest absolute Gasteiger partial charge is 0.199 e. The molecule has 0 fully saturated rings. The monoisotopic (exact) mass is 221 g/mol. The normalized spacial score (nSPS) is 14.3. The van der Waals surface area contributed by atoms with Gasteiger partial charge in [-0.1, -0.05) is 6.58 Å². The Labute approximate surface area is 93.8 Å². The van der Waals surface area contributed by atoms with Gasteiger partial charge in [0.15, 0.2) is 11.8 Å². The van der Waals surface area contributed by atoms with Gasteiger partial charge in [0.25, 0.3) is 0 Å². The third-order valence-electron chi connectivity index (χ3n) is 2.28. The van der Waals surface area contributed by atoms with Crippen molar-refractivity contribution in [3.63, 3.8) is 0 Å². The molecule has 6 heteroatoms. The van der Waals surface area contributed by atoms with Crippen LogP contribution in [0.1, 0.15) is 12.6 Å². The molecule has 1 aliphatic rings. The van der Waals surface area contributed by atoms with Crippen molar-refractivity contribution < 1.29 is 4.74 Å². The van der Waals surface area contributed by atoms with Crippen LogP contribution >= 0.6 is 0 Å². The van der Waals surface area contributed by atoms with Gasteiger partial charge in [-0.15, -0.1) is 0 Å². The molecule has 0 aliphatic carbocycles. The molecule has 0 spiro atoms. The molecule has 0 saturated carbocycles. The number of aromatic nitrogens is 2. The second-order valence-corrected chi connectivity index (χ2v) is 3.41. The Morgan fingerprint density at radius 2 is 2.44 bits per heavy atom. The number of nitrogens with one attached hydrogen (secondary N) is 1. The Kier molecular flexibility index (Phi) is 2.91.